The number of benzene rings is 1. The van der Waals surface area contributed by atoms with E-state index in [-0.39, 0.29) is 5.11 Å². The van der Waals surface area contributed by atoms with Gasteiger partial charge in [-0.3, -0.25) is 0 Å². The highest BCUT2D eigenvalue weighted by atomic mass is 32.1. The van der Waals surface area contributed by atoms with Crippen LogP contribution in [0.4, 0.5) is 16.2 Å². The Morgan fingerprint density at radius 2 is 1.50 bits per heavy atom. The van der Waals surface area contributed by atoms with Crippen LogP contribution >= 0.6 is 12.2 Å². The Labute approximate surface area is 86.5 Å². The van der Waals surface area contributed by atoms with Crippen molar-refractivity contribution in [2.45, 2.75) is 0 Å². The lowest BCUT2D eigenvalue weighted by Gasteiger charge is -2.05. The fourth-order valence-electron chi connectivity index (χ4n) is 0.921. The number of carbonyl (C=O) groups is 1. The zero-order valence-corrected chi connectivity index (χ0v) is 8.10. The maximum absolute atomic E-state index is 10.5. The molecule has 74 valence electrons. The number of hydrogen-bond donors (Lipinski definition) is 4. The van der Waals surface area contributed by atoms with E-state index in [9.17, 15) is 4.79 Å². The number of primary amides is 1. The highest BCUT2D eigenvalue weighted by Gasteiger charge is 1.96. The molecule has 0 fully saturated rings. The molecule has 0 aromatic heterocycles. The maximum Gasteiger partial charge on any atom is 0.316 e. The lowest BCUT2D eigenvalue weighted by Crippen LogP contribution is -2.20. The van der Waals surface area contributed by atoms with Crippen LogP contribution in [0.1, 0.15) is 0 Å². The van der Waals surface area contributed by atoms with Crippen LogP contribution in [0.3, 0.4) is 0 Å². The second-order valence-electron chi connectivity index (χ2n) is 2.56. The van der Waals surface area contributed by atoms with Crippen LogP contribution in [0.25, 0.3) is 0 Å². The minimum Gasteiger partial charge on any atom is -0.376 e. The van der Waals surface area contributed by atoms with E-state index >= 15 is 0 Å². The van der Waals surface area contributed by atoms with Crippen LogP contribution in [0.5, 0.6) is 0 Å². The topological polar surface area (TPSA) is 93.2 Å². The average Bonchev–Trinajstić information content (AvgIpc) is 2.06. The van der Waals surface area contributed by atoms with E-state index in [1.807, 2.05) is 0 Å². The highest BCUT2D eigenvalue weighted by Crippen LogP contribution is 2.12. The standard InChI is InChI=1S/C8H10N4OS/c9-7(13)11-5-1-3-6(4-2-5)12-8(10)14/h1-4H,(H3,9,11,13)(H3,10,12,14). The molecule has 14 heavy (non-hydrogen) atoms. The van der Waals surface area contributed by atoms with E-state index in [0.717, 1.165) is 5.69 Å². The van der Waals surface area contributed by atoms with Crippen LogP contribution in [-0.2, 0) is 0 Å². The Hall–Kier alpha value is -1.82. The SMILES string of the molecule is NC(=O)Nc1ccc(NC(N)=S)cc1. The van der Waals surface area contributed by atoms with E-state index in [4.69, 9.17) is 11.5 Å². The molecule has 1 aromatic rings. The summed E-state index contributed by atoms with van der Waals surface area (Å²) < 4.78 is 0. The molecule has 0 radical (unpaired) electrons. The van der Waals surface area contributed by atoms with Crippen molar-refractivity contribution in [3.8, 4) is 0 Å². The van der Waals surface area contributed by atoms with E-state index < -0.39 is 6.03 Å². The zero-order chi connectivity index (χ0) is 10.6. The average molecular weight is 210 g/mol. The van der Waals surface area contributed by atoms with Gasteiger partial charge < -0.3 is 22.1 Å². The predicted molar refractivity (Wildman–Crippen MR) is 60.1 cm³/mol. The van der Waals surface area contributed by atoms with E-state index in [1.165, 1.54) is 0 Å². The summed E-state index contributed by atoms with van der Waals surface area (Å²) in [6.07, 6.45) is 0. The number of nitrogens with one attached hydrogen (secondary N) is 2. The molecule has 0 unspecified atom stereocenters. The van der Waals surface area contributed by atoms with Gasteiger partial charge in [0, 0.05) is 11.4 Å². The summed E-state index contributed by atoms with van der Waals surface area (Å²) in [6, 6.07) is 6.23. The molecule has 5 nitrogen and oxygen atoms in total. The second-order valence-corrected chi connectivity index (χ2v) is 3.00. The third kappa shape index (κ3) is 3.28. The van der Waals surface area contributed by atoms with E-state index in [2.05, 4.69) is 22.9 Å². The van der Waals surface area contributed by atoms with Gasteiger partial charge in [-0.1, -0.05) is 0 Å². The normalized spacial score (nSPS) is 9.14. The van der Waals surface area contributed by atoms with Crippen molar-refractivity contribution in [2.24, 2.45) is 11.5 Å². The van der Waals surface area contributed by atoms with Gasteiger partial charge >= 0.3 is 6.03 Å². The third-order valence-electron chi connectivity index (χ3n) is 1.42. The monoisotopic (exact) mass is 210 g/mol. The van der Waals surface area contributed by atoms with Crippen molar-refractivity contribution in [3.63, 3.8) is 0 Å². The van der Waals surface area contributed by atoms with Crippen LogP contribution in [0, 0.1) is 0 Å². The lowest BCUT2D eigenvalue weighted by atomic mass is 10.3. The molecule has 0 aliphatic rings. The first-order valence-electron chi connectivity index (χ1n) is 3.81. The second kappa shape index (κ2) is 4.43. The fourth-order valence-corrected chi connectivity index (χ4v) is 1.04. The smallest absolute Gasteiger partial charge is 0.316 e. The van der Waals surface area contributed by atoms with Gasteiger partial charge in [-0.15, -0.1) is 0 Å². The van der Waals surface area contributed by atoms with Crippen LogP contribution in [-0.4, -0.2) is 11.1 Å². The van der Waals surface area contributed by atoms with E-state index in [0.29, 0.717) is 5.69 Å². The van der Waals surface area contributed by atoms with Crippen molar-refractivity contribution < 1.29 is 4.79 Å². The molecule has 1 rings (SSSR count). The molecular formula is C8H10N4OS. The number of thiocarbonyl (C=S) groups is 1. The molecule has 0 saturated heterocycles. The summed E-state index contributed by atoms with van der Waals surface area (Å²) in [4.78, 5) is 10.5. The molecule has 6 N–H and O–H groups in total. The molecule has 0 spiro atoms. The Kier molecular flexibility index (Phi) is 3.24. The minimum absolute atomic E-state index is 0.195. The molecule has 0 aliphatic heterocycles. The van der Waals surface area contributed by atoms with Gasteiger partial charge in [0.25, 0.3) is 0 Å². The van der Waals surface area contributed by atoms with Crippen molar-refractivity contribution >= 4 is 34.7 Å². The Bertz CT molecular complexity index is 314. The minimum atomic E-state index is -0.597. The number of nitrogens with two attached hydrogens (primary N) is 2. The van der Waals surface area contributed by atoms with Gasteiger partial charge in [0.1, 0.15) is 0 Å². The van der Waals surface area contributed by atoms with Crippen molar-refractivity contribution in [1.82, 2.24) is 0 Å². The molecule has 1 aromatic carbocycles. The molecular weight excluding hydrogens is 200 g/mol. The lowest BCUT2D eigenvalue weighted by molar-refractivity contribution is 0.259. The molecule has 0 atom stereocenters. The highest BCUT2D eigenvalue weighted by molar-refractivity contribution is 7.80. The molecule has 0 heterocycles. The first-order chi connectivity index (χ1) is 6.58. The van der Waals surface area contributed by atoms with Gasteiger partial charge in [0.15, 0.2) is 5.11 Å². The number of hydrogen-bond acceptors (Lipinski definition) is 2. The Morgan fingerprint density at radius 3 is 1.86 bits per heavy atom. The molecule has 2 amide bonds. The summed E-state index contributed by atoms with van der Waals surface area (Å²) in [6.45, 7) is 0. The quantitative estimate of drug-likeness (QED) is 0.544. The van der Waals surface area contributed by atoms with Gasteiger partial charge in [0.2, 0.25) is 0 Å². The summed E-state index contributed by atoms with van der Waals surface area (Å²) >= 11 is 4.66. The van der Waals surface area contributed by atoms with Crippen molar-refractivity contribution in [1.29, 1.82) is 0 Å². The maximum atomic E-state index is 10.5. The molecule has 6 heteroatoms. The van der Waals surface area contributed by atoms with Gasteiger partial charge in [-0.25, -0.2) is 4.79 Å². The van der Waals surface area contributed by atoms with Crippen LogP contribution in [0.2, 0.25) is 0 Å². The van der Waals surface area contributed by atoms with Gasteiger partial charge in [-0.05, 0) is 36.5 Å². The number of rotatable bonds is 2. The van der Waals surface area contributed by atoms with Crippen molar-refractivity contribution in [3.05, 3.63) is 24.3 Å². The Balaban J connectivity index is 2.68. The van der Waals surface area contributed by atoms with Crippen LogP contribution in [0.15, 0.2) is 24.3 Å². The number of amides is 2. The van der Waals surface area contributed by atoms with Crippen LogP contribution < -0.4 is 22.1 Å². The van der Waals surface area contributed by atoms with Gasteiger partial charge in [-0.2, -0.15) is 0 Å². The summed E-state index contributed by atoms with van der Waals surface area (Å²) in [5.41, 5.74) is 11.6. The zero-order valence-electron chi connectivity index (χ0n) is 7.28. The number of urea groups is 1. The first kappa shape index (κ1) is 10.3. The predicted octanol–water partition coefficient (Wildman–Crippen LogP) is 0.833. The van der Waals surface area contributed by atoms with Crippen molar-refractivity contribution in [2.75, 3.05) is 10.6 Å². The molecule has 0 saturated carbocycles. The molecule has 0 aliphatic carbocycles. The first-order valence-corrected chi connectivity index (χ1v) is 4.22. The number of carbonyl (C=O) groups excluding carboxylic acids is 1. The molecule has 0 bridgehead atoms. The van der Waals surface area contributed by atoms with Gasteiger partial charge in [0.05, 0.1) is 0 Å². The summed E-state index contributed by atoms with van der Waals surface area (Å²) in [7, 11) is 0. The van der Waals surface area contributed by atoms with E-state index in [1.54, 1.807) is 24.3 Å². The summed E-state index contributed by atoms with van der Waals surface area (Å²) in [5, 5.41) is 5.38. The third-order valence-corrected chi connectivity index (χ3v) is 1.52. The number of anilines is 2. The fraction of sp³-hybridized carbons (Fsp3) is 0. The summed E-state index contributed by atoms with van der Waals surface area (Å²) in [5.74, 6) is 0. The Morgan fingerprint density at radius 1 is 1.07 bits per heavy atom. The largest absolute Gasteiger partial charge is 0.376 e.